The van der Waals surface area contributed by atoms with Crippen LogP contribution in [-0.4, -0.2) is 53.1 Å². The van der Waals surface area contributed by atoms with Gasteiger partial charge in [-0.1, -0.05) is 12.8 Å². The van der Waals surface area contributed by atoms with Gasteiger partial charge in [0.25, 0.3) is 0 Å². The van der Waals surface area contributed by atoms with Gasteiger partial charge in [0.15, 0.2) is 0 Å². The van der Waals surface area contributed by atoms with Crippen molar-refractivity contribution in [2.24, 2.45) is 5.92 Å². The van der Waals surface area contributed by atoms with E-state index in [2.05, 4.69) is 0 Å². The van der Waals surface area contributed by atoms with Gasteiger partial charge in [-0.2, -0.15) is 0 Å². The van der Waals surface area contributed by atoms with E-state index in [-0.39, 0.29) is 18.5 Å². The third kappa shape index (κ3) is 4.11. The Hall–Kier alpha value is -1.26. The first kappa shape index (κ1) is 14.2. The Morgan fingerprint density at radius 1 is 1.16 bits per heavy atom. The number of urea groups is 1. The van der Waals surface area contributed by atoms with Crippen LogP contribution in [0.25, 0.3) is 0 Å². The van der Waals surface area contributed by atoms with E-state index in [1.165, 1.54) is 25.7 Å². The van der Waals surface area contributed by atoms with Gasteiger partial charge in [0.05, 0.1) is 6.42 Å². The molecule has 19 heavy (non-hydrogen) atoms. The summed E-state index contributed by atoms with van der Waals surface area (Å²) in [7, 11) is 1.84. The lowest BCUT2D eigenvalue weighted by Crippen LogP contribution is -2.44. The summed E-state index contributed by atoms with van der Waals surface area (Å²) in [6.45, 7) is 1.16. The highest BCUT2D eigenvalue weighted by molar-refractivity contribution is 5.76. The lowest BCUT2D eigenvalue weighted by atomic mass is 10.1. The van der Waals surface area contributed by atoms with Crippen molar-refractivity contribution in [1.29, 1.82) is 0 Å². The average Bonchev–Trinajstić information content (AvgIpc) is 3.06. The number of carbonyl (C=O) groups excluding carboxylic acids is 1. The van der Waals surface area contributed by atoms with Gasteiger partial charge in [0.2, 0.25) is 0 Å². The number of hydrogen-bond acceptors (Lipinski definition) is 2. The number of amides is 2. The molecule has 5 nitrogen and oxygen atoms in total. The quantitative estimate of drug-likeness (QED) is 0.803. The van der Waals surface area contributed by atoms with Crippen LogP contribution in [-0.2, 0) is 4.79 Å². The summed E-state index contributed by atoms with van der Waals surface area (Å²) >= 11 is 0. The van der Waals surface area contributed by atoms with E-state index in [4.69, 9.17) is 5.11 Å². The van der Waals surface area contributed by atoms with Gasteiger partial charge in [0.1, 0.15) is 0 Å². The van der Waals surface area contributed by atoms with E-state index < -0.39 is 5.97 Å². The molecule has 108 valence electrons. The normalized spacial score (nSPS) is 19.4. The third-order valence-electron chi connectivity index (χ3n) is 4.13. The topological polar surface area (TPSA) is 60.9 Å². The Bertz CT molecular complexity index is 336. The first-order valence-corrected chi connectivity index (χ1v) is 7.31. The molecule has 2 amide bonds. The fraction of sp³-hybridized carbons (Fsp3) is 0.857. The molecule has 0 saturated heterocycles. The predicted octanol–water partition coefficient (Wildman–Crippen LogP) is 2.17. The lowest BCUT2D eigenvalue weighted by Gasteiger charge is -2.29. The second-order valence-corrected chi connectivity index (χ2v) is 5.88. The number of carboxylic acids is 1. The van der Waals surface area contributed by atoms with Gasteiger partial charge in [-0.15, -0.1) is 0 Å². The zero-order valence-electron chi connectivity index (χ0n) is 11.7. The second-order valence-electron chi connectivity index (χ2n) is 5.88. The monoisotopic (exact) mass is 268 g/mol. The summed E-state index contributed by atoms with van der Waals surface area (Å²) in [5.74, 6) is -0.202. The van der Waals surface area contributed by atoms with Gasteiger partial charge in [-0.25, -0.2) is 4.79 Å². The maximum absolute atomic E-state index is 12.4. The van der Waals surface area contributed by atoms with Crippen LogP contribution in [0.1, 0.15) is 44.9 Å². The van der Waals surface area contributed by atoms with Crippen LogP contribution in [0.5, 0.6) is 0 Å². The molecule has 0 aromatic rings. The number of carboxylic acid groups (broad SMARTS) is 1. The van der Waals surface area contributed by atoms with Crippen molar-refractivity contribution >= 4 is 12.0 Å². The molecule has 0 unspecified atom stereocenters. The van der Waals surface area contributed by atoms with Crippen LogP contribution < -0.4 is 0 Å². The SMILES string of the molecule is CN(CC1CCCC1)C(=O)N(CCC(=O)O)C1CC1. The van der Waals surface area contributed by atoms with Gasteiger partial charge < -0.3 is 14.9 Å². The van der Waals surface area contributed by atoms with Gasteiger partial charge >= 0.3 is 12.0 Å². The standard InChI is InChI=1S/C14H24N2O3/c1-15(10-11-4-2-3-5-11)14(19)16(12-6-7-12)9-8-13(17)18/h11-12H,2-10H2,1H3,(H,17,18). The summed E-state index contributed by atoms with van der Waals surface area (Å²) in [6.07, 6.45) is 7.06. The summed E-state index contributed by atoms with van der Waals surface area (Å²) in [5, 5.41) is 8.76. The number of hydrogen-bond donors (Lipinski definition) is 1. The van der Waals surface area contributed by atoms with Crippen LogP contribution in [0.3, 0.4) is 0 Å². The predicted molar refractivity (Wildman–Crippen MR) is 72.0 cm³/mol. The molecule has 2 fully saturated rings. The summed E-state index contributed by atoms with van der Waals surface area (Å²) in [4.78, 5) is 26.6. The van der Waals surface area contributed by atoms with Crippen LogP contribution in [0.15, 0.2) is 0 Å². The molecular weight excluding hydrogens is 244 g/mol. The Labute approximate surface area is 114 Å². The minimum atomic E-state index is -0.836. The largest absolute Gasteiger partial charge is 0.481 e. The Kier molecular flexibility index (Phi) is 4.66. The molecule has 5 heteroatoms. The molecule has 2 aliphatic carbocycles. The molecular formula is C14H24N2O3. The number of carbonyl (C=O) groups is 2. The molecule has 0 aliphatic heterocycles. The van der Waals surface area contributed by atoms with Crippen molar-refractivity contribution < 1.29 is 14.7 Å². The molecule has 0 atom stereocenters. The van der Waals surface area contributed by atoms with E-state index in [1.807, 2.05) is 7.05 Å². The van der Waals surface area contributed by atoms with E-state index in [9.17, 15) is 9.59 Å². The first-order chi connectivity index (χ1) is 9.08. The number of aliphatic carboxylic acids is 1. The number of rotatable bonds is 6. The molecule has 2 rings (SSSR count). The third-order valence-corrected chi connectivity index (χ3v) is 4.13. The molecule has 2 aliphatic rings. The molecule has 0 aromatic carbocycles. The molecule has 0 heterocycles. The zero-order valence-corrected chi connectivity index (χ0v) is 11.7. The molecule has 0 radical (unpaired) electrons. The van der Waals surface area contributed by atoms with Crippen molar-refractivity contribution in [2.45, 2.75) is 51.0 Å². The molecule has 0 spiro atoms. The zero-order chi connectivity index (χ0) is 13.8. The van der Waals surface area contributed by atoms with Gasteiger partial charge in [-0.05, 0) is 31.6 Å². The van der Waals surface area contributed by atoms with Crippen LogP contribution in [0.2, 0.25) is 0 Å². The van der Waals surface area contributed by atoms with Crippen LogP contribution >= 0.6 is 0 Å². The summed E-state index contributed by atoms with van der Waals surface area (Å²) in [5.41, 5.74) is 0. The van der Waals surface area contributed by atoms with Crippen molar-refractivity contribution in [3.63, 3.8) is 0 Å². The molecule has 2 saturated carbocycles. The fourth-order valence-corrected chi connectivity index (χ4v) is 2.91. The van der Waals surface area contributed by atoms with E-state index in [1.54, 1.807) is 9.80 Å². The minimum absolute atomic E-state index is 0.00986. The fourth-order valence-electron chi connectivity index (χ4n) is 2.91. The highest BCUT2D eigenvalue weighted by Crippen LogP contribution is 2.29. The molecule has 0 aromatic heterocycles. The maximum Gasteiger partial charge on any atom is 0.320 e. The van der Waals surface area contributed by atoms with Crippen molar-refractivity contribution in [1.82, 2.24) is 9.80 Å². The van der Waals surface area contributed by atoms with Crippen LogP contribution in [0, 0.1) is 5.92 Å². The summed E-state index contributed by atoms with van der Waals surface area (Å²) < 4.78 is 0. The highest BCUT2D eigenvalue weighted by Gasteiger charge is 2.34. The van der Waals surface area contributed by atoms with E-state index in [0.717, 1.165) is 19.4 Å². The van der Waals surface area contributed by atoms with Crippen molar-refractivity contribution in [3.8, 4) is 0 Å². The molecule has 0 bridgehead atoms. The van der Waals surface area contributed by atoms with Crippen molar-refractivity contribution in [2.75, 3.05) is 20.1 Å². The Balaban J connectivity index is 1.84. The molecule has 1 N–H and O–H groups in total. The van der Waals surface area contributed by atoms with Gasteiger partial charge in [0, 0.05) is 26.2 Å². The smallest absolute Gasteiger partial charge is 0.320 e. The average molecular weight is 268 g/mol. The second kappa shape index (κ2) is 6.26. The lowest BCUT2D eigenvalue weighted by molar-refractivity contribution is -0.137. The van der Waals surface area contributed by atoms with E-state index >= 15 is 0 Å². The minimum Gasteiger partial charge on any atom is -0.481 e. The highest BCUT2D eigenvalue weighted by atomic mass is 16.4. The van der Waals surface area contributed by atoms with Gasteiger partial charge in [-0.3, -0.25) is 4.79 Å². The van der Waals surface area contributed by atoms with E-state index in [0.29, 0.717) is 12.5 Å². The van der Waals surface area contributed by atoms with Crippen molar-refractivity contribution in [3.05, 3.63) is 0 Å². The Morgan fingerprint density at radius 2 is 1.79 bits per heavy atom. The number of nitrogens with zero attached hydrogens (tertiary/aromatic N) is 2. The Morgan fingerprint density at radius 3 is 2.32 bits per heavy atom. The summed E-state index contributed by atoms with van der Waals surface area (Å²) in [6, 6.07) is 0.286. The maximum atomic E-state index is 12.4. The van der Waals surface area contributed by atoms with Crippen LogP contribution in [0.4, 0.5) is 4.79 Å². The first-order valence-electron chi connectivity index (χ1n) is 7.31.